The molecule has 0 heterocycles. The minimum atomic E-state index is -3.62. The van der Waals surface area contributed by atoms with Gasteiger partial charge in [-0.1, -0.05) is 25.1 Å². The average Bonchev–Trinajstić information content (AvgIpc) is 2.71. The third-order valence-electron chi connectivity index (χ3n) is 4.20. The van der Waals surface area contributed by atoms with Gasteiger partial charge in [0, 0.05) is 11.7 Å². The predicted molar refractivity (Wildman–Crippen MR) is 117 cm³/mol. The molecule has 0 aliphatic heterocycles. The molecule has 168 valence electrons. The lowest BCUT2D eigenvalue weighted by molar-refractivity contribution is -0.155. The number of para-hydroxylation sites is 1. The fraction of sp³-hybridized carbons (Fsp3) is 0.364. The van der Waals surface area contributed by atoms with Crippen molar-refractivity contribution in [1.82, 2.24) is 4.72 Å². The number of carbonyl (C=O) groups is 2. The maximum atomic E-state index is 12.3. The summed E-state index contributed by atoms with van der Waals surface area (Å²) in [6.45, 7) is 6.56. The zero-order chi connectivity index (χ0) is 23.0. The first-order valence-electron chi connectivity index (χ1n) is 9.95. The number of hydrogen-bond donors (Lipinski definition) is 2. The van der Waals surface area contributed by atoms with Crippen molar-refractivity contribution in [2.45, 2.75) is 51.2 Å². The Morgan fingerprint density at radius 2 is 1.65 bits per heavy atom. The number of carbonyl (C=O) groups excluding carboxylic acids is 2. The lowest BCUT2D eigenvalue weighted by Crippen LogP contribution is -2.32. The van der Waals surface area contributed by atoms with Crippen LogP contribution in [0.15, 0.2) is 53.4 Å². The van der Waals surface area contributed by atoms with Crippen LogP contribution in [-0.2, 0) is 30.8 Å². The van der Waals surface area contributed by atoms with Gasteiger partial charge in [-0.05, 0) is 63.1 Å². The highest BCUT2D eigenvalue weighted by atomic mass is 32.2. The Labute approximate surface area is 183 Å². The molecule has 0 aromatic heterocycles. The van der Waals surface area contributed by atoms with Crippen molar-refractivity contribution >= 4 is 27.6 Å². The fourth-order valence-electron chi connectivity index (χ4n) is 2.70. The molecule has 0 fully saturated rings. The number of amides is 1. The van der Waals surface area contributed by atoms with E-state index in [0.29, 0.717) is 11.4 Å². The van der Waals surface area contributed by atoms with Gasteiger partial charge < -0.3 is 14.8 Å². The molecule has 2 N–H and O–H groups in total. The molecule has 1 unspecified atom stereocenters. The van der Waals surface area contributed by atoms with E-state index in [1.165, 1.54) is 31.2 Å². The summed E-state index contributed by atoms with van der Waals surface area (Å²) in [4.78, 5) is 24.4. The molecule has 0 aliphatic rings. The van der Waals surface area contributed by atoms with Crippen LogP contribution < -0.4 is 14.8 Å². The molecule has 0 bridgehead atoms. The van der Waals surface area contributed by atoms with Gasteiger partial charge in [0.15, 0.2) is 12.7 Å². The zero-order valence-electron chi connectivity index (χ0n) is 18.0. The molecule has 8 nitrogen and oxygen atoms in total. The summed E-state index contributed by atoms with van der Waals surface area (Å²) < 4.78 is 37.4. The van der Waals surface area contributed by atoms with Crippen LogP contribution in [0.25, 0.3) is 0 Å². The second kappa shape index (κ2) is 10.9. The van der Waals surface area contributed by atoms with Crippen LogP contribution in [0.1, 0.15) is 33.3 Å². The summed E-state index contributed by atoms with van der Waals surface area (Å²) >= 11 is 0. The number of anilines is 1. The van der Waals surface area contributed by atoms with Crippen molar-refractivity contribution in [1.29, 1.82) is 0 Å². The lowest BCUT2D eigenvalue weighted by Gasteiger charge is -2.15. The quantitative estimate of drug-likeness (QED) is 0.541. The molecule has 0 saturated carbocycles. The Morgan fingerprint density at radius 1 is 1.00 bits per heavy atom. The highest BCUT2D eigenvalue weighted by Gasteiger charge is 2.20. The van der Waals surface area contributed by atoms with Gasteiger partial charge in [-0.3, -0.25) is 4.79 Å². The van der Waals surface area contributed by atoms with Crippen LogP contribution in [0.3, 0.4) is 0 Å². The van der Waals surface area contributed by atoms with E-state index in [4.69, 9.17) is 9.47 Å². The minimum absolute atomic E-state index is 0.0863. The first-order chi connectivity index (χ1) is 14.6. The Balaban J connectivity index is 1.88. The highest BCUT2D eigenvalue weighted by molar-refractivity contribution is 7.89. The molecule has 2 rings (SSSR count). The molecule has 9 heteroatoms. The van der Waals surface area contributed by atoms with E-state index in [0.717, 1.165) is 12.0 Å². The Bertz CT molecular complexity index is 1000. The summed E-state index contributed by atoms with van der Waals surface area (Å²) in [5, 5.41) is 2.59. The number of aryl methyl sites for hydroxylation is 1. The zero-order valence-corrected chi connectivity index (χ0v) is 18.9. The van der Waals surface area contributed by atoms with E-state index in [1.54, 1.807) is 19.9 Å². The minimum Gasteiger partial charge on any atom is -0.482 e. The molecule has 0 spiro atoms. The third-order valence-corrected chi connectivity index (χ3v) is 5.87. The van der Waals surface area contributed by atoms with Gasteiger partial charge in [-0.25, -0.2) is 17.9 Å². The second-order valence-electron chi connectivity index (χ2n) is 7.17. The number of hydrogen-bond acceptors (Lipinski definition) is 6. The SMILES string of the molecule is CCc1ccccc1OCC(=O)OC(C)C(=O)Nc1ccc(S(=O)(=O)NC(C)C)cc1. The van der Waals surface area contributed by atoms with Gasteiger partial charge in [0.05, 0.1) is 4.90 Å². The van der Waals surface area contributed by atoms with Crippen molar-refractivity contribution in [2.24, 2.45) is 0 Å². The van der Waals surface area contributed by atoms with Crippen molar-refractivity contribution in [3.8, 4) is 5.75 Å². The van der Waals surface area contributed by atoms with E-state index in [1.807, 2.05) is 25.1 Å². The second-order valence-corrected chi connectivity index (χ2v) is 8.89. The van der Waals surface area contributed by atoms with Gasteiger partial charge >= 0.3 is 5.97 Å². The fourth-order valence-corrected chi connectivity index (χ4v) is 3.95. The smallest absolute Gasteiger partial charge is 0.344 e. The average molecular weight is 449 g/mol. The van der Waals surface area contributed by atoms with Gasteiger partial charge in [0.1, 0.15) is 5.75 Å². The number of benzene rings is 2. The summed E-state index contributed by atoms with van der Waals surface area (Å²) in [6.07, 6.45) is -0.291. The topological polar surface area (TPSA) is 111 Å². The molecule has 31 heavy (non-hydrogen) atoms. The summed E-state index contributed by atoms with van der Waals surface area (Å²) in [5.41, 5.74) is 1.35. The first-order valence-corrected chi connectivity index (χ1v) is 11.4. The van der Waals surface area contributed by atoms with E-state index in [-0.39, 0.29) is 17.5 Å². The molecular formula is C22H28N2O6S. The normalized spacial score (nSPS) is 12.3. The Kier molecular flexibility index (Phi) is 8.58. The van der Waals surface area contributed by atoms with Gasteiger partial charge in [-0.15, -0.1) is 0 Å². The molecule has 2 aromatic carbocycles. The van der Waals surface area contributed by atoms with Crippen LogP contribution >= 0.6 is 0 Å². The van der Waals surface area contributed by atoms with Crippen LogP contribution in [0.2, 0.25) is 0 Å². The maximum Gasteiger partial charge on any atom is 0.344 e. The molecule has 2 aromatic rings. The van der Waals surface area contributed by atoms with Gasteiger partial charge in [0.25, 0.3) is 5.91 Å². The van der Waals surface area contributed by atoms with Gasteiger partial charge in [-0.2, -0.15) is 0 Å². The Morgan fingerprint density at radius 3 is 2.26 bits per heavy atom. The number of rotatable bonds is 10. The van der Waals surface area contributed by atoms with Crippen molar-refractivity contribution < 1.29 is 27.5 Å². The van der Waals surface area contributed by atoms with E-state index >= 15 is 0 Å². The number of esters is 1. The lowest BCUT2D eigenvalue weighted by atomic mass is 10.1. The largest absolute Gasteiger partial charge is 0.482 e. The molecular weight excluding hydrogens is 420 g/mol. The van der Waals surface area contributed by atoms with Crippen LogP contribution in [0.5, 0.6) is 5.75 Å². The molecule has 0 radical (unpaired) electrons. The summed E-state index contributed by atoms with van der Waals surface area (Å²) in [6, 6.07) is 12.8. The van der Waals surface area contributed by atoms with E-state index < -0.39 is 28.0 Å². The van der Waals surface area contributed by atoms with Crippen LogP contribution in [0, 0.1) is 0 Å². The van der Waals surface area contributed by atoms with Crippen molar-refractivity contribution in [3.05, 3.63) is 54.1 Å². The molecule has 1 atom stereocenters. The Hall–Kier alpha value is -2.91. The van der Waals surface area contributed by atoms with Crippen molar-refractivity contribution in [3.63, 3.8) is 0 Å². The number of ether oxygens (including phenoxy) is 2. The molecule has 1 amide bonds. The highest BCUT2D eigenvalue weighted by Crippen LogP contribution is 2.18. The number of nitrogens with one attached hydrogen (secondary N) is 2. The van der Waals surface area contributed by atoms with Gasteiger partial charge in [0.2, 0.25) is 10.0 Å². The van der Waals surface area contributed by atoms with Crippen molar-refractivity contribution in [2.75, 3.05) is 11.9 Å². The standard InChI is InChI=1S/C22H28N2O6S/c1-5-17-8-6-7-9-20(17)29-14-21(25)30-16(4)22(26)23-18-10-12-19(13-11-18)31(27,28)24-15(2)3/h6-13,15-16,24H,5,14H2,1-4H3,(H,23,26). The predicted octanol–water partition coefficient (Wildman–Crippen LogP) is 2.88. The monoisotopic (exact) mass is 448 g/mol. The number of sulfonamides is 1. The maximum absolute atomic E-state index is 12.3. The van der Waals surface area contributed by atoms with E-state index in [2.05, 4.69) is 10.0 Å². The summed E-state index contributed by atoms with van der Waals surface area (Å²) in [7, 11) is -3.62. The van der Waals surface area contributed by atoms with Crippen LogP contribution in [-0.4, -0.2) is 39.0 Å². The third kappa shape index (κ3) is 7.37. The molecule has 0 aliphatic carbocycles. The van der Waals surface area contributed by atoms with Crippen LogP contribution in [0.4, 0.5) is 5.69 Å². The first kappa shape index (κ1) is 24.4. The van der Waals surface area contributed by atoms with E-state index in [9.17, 15) is 18.0 Å². The summed E-state index contributed by atoms with van der Waals surface area (Å²) in [5.74, 6) is -0.617. The molecule has 0 saturated heterocycles.